The molecule has 2 aliphatic heterocycles. The molecular formula is C24H33N5O. The number of hydrogen-bond donors (Lipinski definition) is 0. The van der Waals surface area contributed by atoms with E-state index in [1.165, 1.54) is 18.4 Å². The molecule has 0 spiro atoms. The average Bonchev–Trinajstić information content (AvgIpc) is 3.27. The van der Waals surface area contributed by atoms with Gasteiger partial charge in [0.15, 0.2) is 0 Å². The number of anilines is 2. The van der Waals surface area contributed by atoms with Crippen LogP contribution >= 0.6 is 0 Å². The summed E-state index contributed by atoms with van der Waals surface area (Å²) < 4.78 is 0. The number of piperazine rings is 1. The van der Waals surface area contributed by atoms with E-state index in [1.807, 2.05) is 24.0 Å². The van der Waals surface area contributed by atoms with Crippen LogP contribution in [-0.4, -0.2) is 60.0 Å². The number of benzene rings is 1. The molecule has 2 saturated heterocycles. The molecule has 1 aromatic carbocycles. The maximum absolute atomic E-state index is 13.0. The quantitative estimate of drug-likeness (QED) is 0.777. The first-order valence-corrected chi connectivity index (χ1v) is 11.1. The molecule has 2 fully saturated rings. The number of aryl methyl sites for hydroxylation is 1. The Hall–Kier alpha value is -2.63. The van der Waals surface area contributed by atoms with E-state index in [1.54, 1.807) is 0 Å². The third-order valence-corrected chi connectivity index (χ3v) is 6.11. The average molecular weight is 408 g/mol. The fourth-order valence-electron chi connectivity index (χ4n) is 4.19. The number of carbonyl (C=O) groups is 1. The molecule has 3 heterocycles. The van der Waals surface area contributed by atoms with Crippen molar-refractivity contribution in [2.75, 3.05) is 49.1 Å². The van der Waals surface area contributed by atoms with Crippen molar-refractivity contribution >= 4 is 17.7 Å². The van der Waals surface area contributed by atoms with Gasteiger partial charge in [-0.1, -0.05) is 32.9 Å². The topological polar surface area (TPSA) is 52.6 Å². The first-order chi connectivity index (χ1) is 14.3. The third-order valence-electron chi connectivity index (χ3n) is 6.11. The Kier molecular flexibility index (Phi) is 5.67. The summed E-state index contributed by atoms with van der Waals surface area (Å²) in [5, 5.41) is 0. The second-order valence-electron chi connectivity index (χ2n) is 9.47. The maximum Gasteiger partial charge on any atom is 0.253 e. The highest BCUT2D eigenvalue weighted by Crippen LogP contribution is 2.24. The van der Waals surface area contributed by atoms with Gasteiger partial charge in [0.25, 0.3) is 5.91 Å². The van der Waals surface area contributed by atoms with Gasteiger partial charge < -0.3 is 14.7 Å². The van der Waals surface area contributed by atoms with Crippen molar-refractivity contribution in [3.63, 3.8) is 0 Å². The molecule has 30 heavy (non-hydrogen) atoms. The summed E-state index contributed by atoms with van der Waals surface area (Å²) in [5.74, 6) is 1.93. The zero-order valence-corrected chi connectivity index (χ0v) is 18.7. The van der Waals surface area contributed by atoms with E-state index >= 15 is 0 Å². The molecule has 0 atom stereocenters. The first kappa shape index (κ1) is 20.6. The molecule has 0 saturated carbocycles. The van der Waals surface area contributed by atoms with Gasteiger partial charge >= 0.3 is 0 Å². The smallest absolute Gasteiger partial charge is 0.253 e. The minimum absolute atomic E-state index is 0.0922. The highest BCUT2D eigenvalue weighted by Gasteiger charge is 2.25. The van der Waals surface area contributed by atoms with E-state index in [-0.39, 0.29) is 11.3 Å². The zero-order chi connectivity index (χ0) is 21.3. The SMILES string of the molecule is Cc1cc(N2CCCC2)nc(N2CCN(C(=O)c3ccc(C(C)(C)C)cc3)CC2)n1. The molecule has 6 nitrogen and oxygen atoms in total. The van der Waals surface area contributed by atoms with Crippen LogP contribution < -0.4 is 9.80 Å². The van der Waals surface area contributed by atoms with E-state index in [0.717, 1.165) is 49.2 Å². The molecule has 4 rings (SSSR count). The van der Waals surface area contributed by atoms with Crippen LogP contribution in [0.25, 0.3) is 0 Å². The minimum Gasteiger partial charge on any atom is -0.356 e. The van der Waals surface area contributed by atoms with Crippen LogP contribution in [-0.2, 0) is 5.41 Å². The summed E-state index contributed by atoms with van der Waals surface area (Å²) >= 11 is 0. The molecule has 0 aliphatic carbocycles. The van der Waals surface area contributed by atoms with Crippen molar-refractivity contribution in [3.05, 3.63) is 47.2 Å². The molecule has 2 aromatic rings. The lowest BCUT2D eigenvalue weighted by Gasteiger charge is -2.35. The van der Waals surface area contributed by atoms with Crippen molar-refractivity contribution < 1.29 is 4.79 Å². The Morgan fingerprint density at radius 3 is 2.10 bits per heavy atom. The summed E-state index contributed by atoms with van der Waals surface area (Å²) in [6, 6.07) is 10.1. The zero-order valence-electron chi connectivity index (χ0n) is 18.7. The van der Waals surface area contributed by atoms with Gasteiger partial charge in [0.1, 0.15) is 5.82 Å². The van der Waals surface area contributed by atoms with Crippen molar-refractivity contribution in [2.45, 2.75) is 46.0 Å². The molecule has 0 radical (unpaired) electrons. The largest absolute Gasteiger partial charge is 0.356 e. The van der Waals surface area contributed by atoms with E-state index in [9.17, 15) is 4.79 Å². The Morgan fingerprint density at radius 1 is 0.867 bits per heavy atom. The number of nitrogens with zero attached hydrogens (tertiary/aromatic N) is 5. The van der Waals surface area contributed by atoms with Crippen LogP contribution in [0.5, 0.6) is 0 Å². The number of aromatic nitrogens is 2. The van der Waals surface area contributed by atoms with Crippen LogP contribution in [0.3, 0.4) is 0 Å². The van der Waals surface area contributed by atoms with Crippen LogP contribution in [0.15, 0.2) is 30.3 Å². The van der Waals surface area contributed by atoms with Gasteiger partial charge in [-0.05, 0) is 42.9 Å². The van der Waals surface area contributed by atoms with E-state index in [4.69, 9.17) is 4.98 Å². The Labute approximate surface area is 179 Å². The number of rotatable bonds is 3. The normalized spacial score (nSPS) is 17.5. The van der Waals surface area contributed by atoms with Gasteiger partial charge in [0.05, 0.1) is 0 Å². The highest BCUT2D eigenvalue weighted by atomic mass is 16.2. The van der Waals surface area contributed by atoms with Crippen molar-refractivity contribution in [2.24, 2.45) is 0 Å². The molecule has 2 aliphatic rings. The fraction of sp³-hybridized carbons (Fsp3) is 0.542. The van der Waals surface area contributed by atoms with Gasteiger partial charge in [-0.2, -0.15) is 4.98 Å². The summed E-state index contributed by atoms with van der Waals surface area (Å²) in [6.45, 7) is 13.6. The summed E-state index contributed by atoms with van der Waals surface area (Å²) in [6.07, 6.45) is 2.46. The second-order valence-corrected chi connectivity index (χ2v) is 9.47. The predicted molar refractivity (Wildman–Crippen MR) is 121 cm³/mol. The standard InChI is InChI=1S/C24H33N5O/c1-18-17-21(27-11-5-6-12-27)26-23(25-18)29-15-13-28(14-16-29)22(30)19-7-9-20(10-8-19)24(2,3)4/h7-10,17H,5-6,11-16H2,1-4H3. The van der Waals surface area contributed by atoms with Crippen molar-refractivity contribution in [1.82, 2.24) is 14.9 Å². The monoisotopic (exact) mass is 407 g/mol. The van der Waals surface area contributed by atoms with Crippen molar-refractivity contribution in [1.29, 1.82) is 0 Å². The molecule has 1 amide bonds. The second kappa shape index (κ2) is 8.25. The Bertz CT molecular complexity index is 889. The van der Waals surface area contributed by atoms with E-state index in [0.29, 0.717) is 13.1 Å². The van der Waals surface area contributed by atoms with Gasteiger partial charge in [-0.3, -0.25) is 4.79 Å². The summed E-state index contributed by atoms with van der Waals surface area (Å²) in [4.78, 5) is 29.0. The lowest BCUT2D eigenvalue weighted by atomic mass is 9.86. The molecule has 0 N–H and O–H groups in total. The predicted octanol–water partition coefficient (Wildman–Crippen LogP) is 3.65. The van der Waals surface area contributed by atoms with E-state index in [2.05, 4.69) is 53.8 Å². The Balaban J connectivity index is 1.41. The van der Waals surface area contributed by atoms with E-state index < -0.39 is 0 Å². The molecule has 6 heteroatoms. The summed E-state index contributed by atoms with van der Waals surface area (Å²) in [7, 11) is 0. The first-order valence-electron chi connectivity index (χ1n) is 11.1. The highest BCUT2D eigenvalue weighted by molar-refractivity contribution is 5.94. The number of amides is 1. The number of carbonyl (C=O) groups excluding carboxylic acids is 1. The van der Waals surface area contributed by atoms with Crippen LogP contribution in [0, 0.1) is 6.92 Å². The minimum atomic E-state index is 0.0922. The van der Waals surface area contributed by atoms with Gasteiger partial charge in [-0.15, -0.1) is 0 Å². The molecule has 0 bridgehead atoms. The Morgan fingerprint density at radius 2 is 1.50 bits per heavy atom. The molecule has 0 unspecified atom stereocenters. The summed E-state index contributed by atoms with van der Waals surface area (Å²) in [5.41, 5.74) is 3.10. The molecule has 1 aromatic heterocycles. The van der Waals surface area contributed by atoms with Crippen LogP contribution in [0.1, 0.15) is 55.2 Å². The van der Waals surface area contributed by atoms with Gasteiger partial charge in [0.2, 0.25) is 5.95 Å². The van der Waals surface area contributed by atoms with Crippen molar-refractivity contribution in [3.8, 4) is 0 Å². The van der Waals surface area contributed by atoms with Gasteiger partial charge in [-0.25, -0.2) is 4.98 Å². The maximum atomic E-state index is 13.0. The lowest BCUT2D eigenvalue weighted by Crippen LogP contribution is -2.49. The molecule has 160 valence electrons. The fourth-order valence-corrected chi connectivity index (χ4v) is 4.19. The van der Waals surface area contributed by atoms with Crippen LogP contribution in [0.4, 0.5) is 11.8 Å². The van der Waals surface area contributed by atoms with Crippen LogP contribution in [0.2, 0.25) is 0 Å². The third kappa shape index (κ3) is 4.42. The molecular weight excluding hydrogens is 374 g/mol. The number of hydrogen-bond acceptors (Lipinski definition) is 5. The van der Waals surface area contributed by atoms with Gasteiger partial charge in [0, 0.05) is 56.6 Å². The lowest BCUT2D eigenvalue weighted by molar-refractivity contribution is 0.0746.